The van der Waals surface area contributed by atoms with Crippen LogP contribution in [0.5, 0.6) is 0 Å². The Morgan fingerprint density at radius 3 is 2.70 bits per heavy atom. The van der Waals surface area contributed by atoms with E-state index in [9.17, 15) is 14.7 Å². The summed E-state index contributed by atoms with van der Waals surface area (Å²) in [5.74, 6) is -0.876. The topological polar surface area (TPSA) is 87.7 Å². The van der Waals surface area contributed by atoms with Gasteiger partial charge in [-0.25, -0.2) is 4.79 Å². The maximum absolute atomic E-state index is 11.7. The molecular formula is C13H18N2O4S. The standard InChI is InChI=1S/C13H18N2O4S/c16-11(17)13(2-4-19-5-3-13)9-15-12(18)14-7-10-1-6-20-8-10/h1,6,8H,2-5,7,9H2,(H,16,17)(H2,14,15,18). The number of amides is 2. The first kappa shape index (κ1) is 14.8. The first-order valence-corrected chi connectivity index (χ1v) is 7.41. The number of carboxylic acid groups (broad SMARTS) is 1. The maximum atomic E-state index is 11.7. The minimum absolute atomic E-state index is 0.126. The number of rotatable bonds is 5. The summed E-state index contributed by atoms with van der Waals surface area (Å²) in [7, 11) is 0. The van der Waals surface area contributed by atoms with E-state index in [1.165, 1.54) is 0 Å². The van der Waals surface area contributed by atoms with Gasteiger partial charge in [0, 0.05) is 26.3 Å². The summed E-state index contributed by atoms with van der Waals surface area (Å²) in [4.78, 5) is 23.1. The SMILES string of the molecule is O=C(NCc1ccsc1)NCC1(C(=O)O)CCOCC1. The van der Waals surface area contributed by atoms with Crippen molar-refractivity contribution in [3.8, 4) is 0 Å². The highest BCUT2D eigenvalue weighted by atomic mass is 32.1. The number of carbonyl (C=O) groups is 2. The van der Waals surface area contributed by atoms with Gasteiger partial charge in [-0.3, -0.25) is 4.79 Å². The number of urea groups is 1. The highest BCUT2D eigenvalue weighted by Gasteiger charge is 2.40. The predicted octanol–water partition coefficient (Wildman–Crippen LogP) is 1.43. The normalized spacial score (nSPS) is 17.4. The van der Waals surface area contributed by atoms with Gasteiger partial charge in [-0.05, 0) is 35.2 Å². The molecule has 0 spiro atoms. The lowest BCUT2D eigenvalue weighted by molar-refractivity contribution is -0.154. The molecule has 1 aliphatic heterocycles. The van der Waals surface area contributed by atoms with Crippen molar-refractivity contribution < 1.29 is 19.4 Å². The first-order valence-electron chi connectivity index (χ1n) is 6.46. The van der Waals surface area contributed by atoms with E-state index in [4.69, 9.17) is 4.74 Å². The summed E-state index contributed by atoms with van der Waals surface area (Å²) in [6.45, 7) is 1.41. The molecule has 0 radical (unpaired) electrons. The largest absolute Gasteiger partial charge is 0.481 e. The van der Waals surface area contributed by atoms with Crippen LogP contribution in [-0.2, 0) is 16.1 Å². The smallest absolute Gasteiger partial charge is 0.315 e. The van der Waals surface area contributed by atoms with Gasteiger partial charge >= 0.3 is 12.0 Å². The fraction of sp³-hybridized carbons (Fsp3) is 0.538. The Kier molecular flexibility index (Phi) is 4.97. The molecule has 0 bridgehead atoms. The van der Waals surface area contributed by atoms with Gasteiger partial charge in [0.2, 0.25) is 0 Å². The molecule has 0 atom stereocenters. The second-order valence-corrected chi connectivity index (χ2v) is 5.65. The van der Waals surface area contributed by atoms with Crippen LogP contribution in [0.4, 0.5) is 4.79 Å². The van der Waals surface area contributed by atoms with Gasteiger partial charge in [-0.15, -0.1) is 0 Å². The van der Waals surface area contributed by atoms with Crippen molar-refractivity contribution in [1.29, 1.82) is 0 Å². The third kappa shape index (κ3) is 3.71. The van der Waals surface area contributed by atoms with Crippen molar-refractivity contribution in [3.05, 3.63) is 22.4 Å². The molecule has 20 heavy (non-hydrogen) atoms. The van der Waals surface area contributed by atoms with Crippen LogP contribution in [0.3, 0.4) is 0 Å². The van der Waals surface area contributed by atoms with Crippen LogP contribution >= 0.6 is 11.3 Å². The van der Waals surface area contributed by atoms with Crippen LogP contribution in [0.15, 0.2) is 16.8 Å². The molecular weight excluding hydrogens is 280 g/mol. The second kappa shape index (κ2) is 6.71. The molecule has 0 saturated carbocycles. The van der Waals surface area contributed by atoms with E-state index in [2.05, 4.69) is 10.6 Å². The molecule has 7 heteroatoms. The van der Waals surface area contributed by atoms with E-state index in [-0.39, 0.29) is 12.6 Å². The molecule has 2 rings (SSSR count). The average Bonchev–Trinajstić information content (AvgIpc) is 2.97. The molecule has 110 valence electrons. The summed E-state index contributed by atoms with van der Waals surface area (Å²) in [6.07, 6.45) is 0.848. The maximum Gasteiger partial charge on any atom is 0.315 e. The van der Waals surface area contributed by atoms with Crippen LogP contribution in [0.25, 0.3) is 0 Å². The summed E-state index contributed by atoms with van der Waals surface area (Å²) in [6, 6.07) is 1.59. The van der Waals surface area contributed by atoms with Crippen LogP contribution in [-0.4, -0.2) is 36.9 Å². The summed E-state index contributed by atoms with van der Waals surface area (Å²) < 4.78 is 5.19. The number of carboxylic acids is 1. The number of ether oxygens (including phenoxy) is 1. The molecule has 3 N–H and O–H groups in total. The molecule has 0 aromatic carbocycles. The monoisotopic (exact) mass is 298 g/mol. The average molecular weight is 298 g/mol. The Bertz CT molecular complexity index is 455. The van der Waals surface area contributed by atoms with Crippen molar-refractivity contribution in [3.63, 3.8) is 0 Å². The number of carbonyl (C=O) groups excluding carboxylic acids is 1. The molecule has 1 aromatic rings. The third-order valence-corrected chi connectivity index (χ3v) is 4.26. The fourth-order valence-corrected chi connectivity index (χ4v) is 2.78. The van der Waals surface area contributed by atoms with Crippen molar-refractivity contribution in [2.24, 2.45) is 5.41 Å². The van der Waals surface area contributed by atoms with Crippen LogP contribution < -0.4 is 10.6 Å². The van der Waals surface area contributed by atoms with Gasteiger partial charge in [-0.1, -0.05) is 0 Å². The van der Waals surface area contributed by atoms with Crippen LogP contribution in [0.1, 0.15) is 18.4 Å². The molecule has 6 nitrogen and oxygen atoms in total. The Morgan fingerprint density at radius 2 is 2.10 bits per heavy atom. The van der Waals surface area contributed by atoms with E-state index >= 15 is 0 Å². The Balaban J connectivity index is 1.80. The number of hydrogen-bond acceptors (Lipinski definition) is 4. The highest BCUT2D eigenvalue weighted by molar-refractivity contribution is 7.07. The zero-order chi connectivity index (χ0) is 14.4. The summed E-state index contributed by atoms with van der Waals surface area (Å²) in [5.41, 5.74) is 0.127. The molecule has 1 saturated heterocycles. The second-order valence-electron chi connectivity index (χ2n) is 4.87. The third-order valence-electron chi connectivity index (χ3n) is 3.52. The molecule has 1 aromatic heterocycles. The van der Waals surface area contributed by atoms with Gasteiger partial charge in [0.25, 0.3) is 0 Å². The number of aliphatic carboxylic acids is 1. The lowest BCUT2D eigenvalue weighted by Crippen LogP contribution is -2.48. The molecule has 1 fully saturated rings. The molecule has 0 aliphatic carbocycles. The molecule has 2 amide bonds. The van der Waals surface area contributed by atoms with Crippen molar-refractivity contribution in [2.45, 2.75) is 19.4 Å². The first-order chi connectivity index (χ1) is 9.62. The number of hydrogen-bond donors (Lipinski definition) is 3. The summed E-state index contributed by atoms with van der Waals surface area (Å²) in [5, 5.41) is 18.6. The van der Waals surface area contributed by atoms with E-state index in [0.717, 1.165) is 5.56 Å². The van der Waals surface area contributed by atoms with E-state index in [0.29, 0.717) is 32.6 Å². The molecule has 0 unspecified atom stereocenters. The molecule has 2 heterocycles. The van der Waals surface area contributed by atoms with Crippen LogP contribution in [0.2, 0.25) is 0 Å². The Labute approximate surface area is 121 Å². The Morgan fingerprint density at radius 1 is 1.35 bits per heavy atom. The minimum Gasteiger partial charge on any atom is -0.481 e. The summed E-state index contributed by atoms with van der Waals surface area (Å²) >= 11 is 1.57. The Hall–Kier alpha value is -1.60. The van der Waals surface area contributed by atoms with Gasteiger partial charge < -0.3 is 20.5 Å². The van der Waals surface area contributed by atoms with E-state index in [1.54, 1.807) is 11.3 Å². The van der Waals surface area contributed by atoms with Crippen molar-refractivity contribution in [1.82, 2.24) is 10.6 Å². The lowest BCUT2D eigenvalue weighted by atomic mass is 9.80. The van der Waals surface area contributed by atoms with E-state index in [1.807, 2.05) is 16.8 Å². The van der Waals surface area contributed by atoms with Gasteiger partial charge in [-0.2, -0.15) is 11.3 Å². The zero-order valence-electron chi connectivity index (χ0n) is 11.1. The highest BCUT2D eigenvalue weighted by Crippen LogP contribution is 2.29. The number of nitrogens with one attached hydrogen (secondary N) is 2. The van der Waals surface area contributed by atoms with Gasteiger partial charge in [0.05, 0.1) is 5.41 Å². The predicted molar refractivity (Wildman–Crippen MR) is 74.7 cm³/mol. The number of thiophene rings is 1. The molecule has 1 aliphatic rings. The van der Waals surface area contributed by atoms with Crippen molar-refractivity contribution in [2.75, 3.05) is 19.8 Å². The van der Waals surface area contributed by atoms with Gasteiger partial charge in [0.1, 0.15) is 0 Å². The van der Waals surface area contributed by atoms with Crippen molar-refractivity contribution >= 4 is 23.3 Å². The zero-order valence-corrected chi connectivity index (χ0v) is 11.9. The van der Waals surface area contributed by atoms with Gasteiger partial charge in [0.15, 0.2) is 0 Å². The van der Waals surface area contributed by atoms with E-state index < -0.39 is 11.4 Å². The fourth-order valence-electron chi connectivity index (χ4n) is 2.12. The van der Waals surface area contributed by atoms with Crippen LogP contribution in [0, 0.1) is 5.41 Å². The minimum atomic E-state index is -0.905. The lowest BCUT2D eigenvalue weighted by Gasteiger charge is -2.33. The quantitative estimate of drug-likeness (QED) is 0.767.